The Hall–Kier alpha value is -2.09. The fourth-order valence-corrected chi connectivity index (χ4v) is 2.45. The molecule has 0 saturated carbocycles. The van der Waals surface area contributed by atoms with Gasteiger partial charge < -0.3 is 4.74 Å². The summed E-state index contributed by atoms with van der Waals surface area (Å²) in [5.41, 5.74) is 2.59. The molecule has 2 rings (SSSR count). The lowest BCUT2D eigenvalue weighted by Crippen LogP contribution is -2.04. The summed E-state index contributed by atoms with van der Waals surface area (Å²) in [6, 6.07) is 20.9. The second kappa shape index (κ2) is 7.49. The van der Waals surface area contributed by atoms with Crippen molar-refractivity contribution in [2.24, 2.45) is 0 Å². The molecule has 0 amide bonds. The van der Waals surface area contributed by atoms with Gasteiger partial charge in [-0.2, -0.15) is 0 Å². The van der Waals surface area contributed by atoms with Crippen molar-refractivity contribution < 1.29 is 9.53 Å². The van der Waals surface area contributed by atoms with Crippen molar-refractivity contribution in [3.05, 3.63) is 71.8 Å². The molecule has 20 heavy (non-hydrogen) atoms. The molecule has 2 aromatic rings. The van der Waals surface area contributed by atoms with Gasteiger partial charge in [-0.15, -0.1) is 0 Å². The maximum atomic E-state index is 11.2. The minimum Gasteiger partial charge on any atom is -0.469 e. The van der Waals surface area contributed by atoms with Crippen molar-refractivity contribution in [3.8, 4) is 0 Å². The van der Waals surface area contributed by atoms with Crippen molar-refractivity contribution in [3.63, 3.8) is 0 Å². The third kappa shape index (κ3) is 3.95. The molecule has 2 aromatic carbocycles. The zero-order valence-corrected chi connectivity index (χ0v) is 11.8. The van der Waals surface area contributed by atoms with Gasteiger partial charge in [0.1, 0.15) is 0 Å². The molecule has 0 unspecified atom stereocenters. The van der Waals surface area contributed by atoms with Crippen LogP contribution >= 0.6 is 0 Å². The van der Waals surface area contributed by atoms with Gasteiger partial charge in [0.2, 0.25) is 0 Å². The molecule has 0 bridgehead atoms. The molecule has 0 atom stereocenters. The molecule has 104 valence electrons. The summed E-state index contributed by atoms with van der Waals surface area (Å²) in [7, 11) is 1.44. The third-order valence-corrected chi connectivity index (χ3v) is 3.51. The summed E-state index contributed by atoms with van der Waals surface area (Å²) in [4.78, 5) is 11.2. The van der Waals surface area contributed by atoms with E-state index in [9.17, 15) is 4.79 Å². The highest BCUT2D eigenvalue weighted by molar-refractivity contribution is 5.69. The summed E-state index contributed by atoms with van der Waals surface area (Å²) in [5, 5.41) is 0. The molecule has 0 fully saturated rings. The van der Waals surface area contributed by atoms with Gasteiger partial charge in [-0.1, -0.05) is 60.7 Å². The minimum atomic E-state index is -0.134. The first kappa shape index (κ1) is 14.3. The molecular weight excluding hydrogens is 248 g/mol. The third-order valence-electron chi connectivity index (χ3n) is 3.51. The molecule has 0 aromatic heterocycles. The Balaban J connectivity index is 2.11. The Bertz CT molecular complexity index is 480. The lowest BCUT2D eigenvalue weighted by atomic mass is 9.87. The lowest BCUT2D eigenvalue weighted by molar-refractivity contribution is -0.140. The van der Waals surface area contributed by atoms with Crippen molar-refractivity contribution in [2.45, 2.75) is 25.2 Å². The summed E-state index contributed by atoms with van der Waals surface area (Å²) in [5.74, 6) is 0.201. The van der Waals surface area contributed by atoms with Gasteiger partial charge in [0.05, 0.1) is 7.11 Å². The molecule has 0 N–H and O–H groups in total. The van der Waals surface area contributed by atoms with Gasteiger partial charge in [0.15, 0.2) is 0 Å². The first-order valence-electron chi connectivity index (χ1n) is 6.98. The average Bonchev–Trinajstić information content (AvgIpc) is 2.53. The number of ether oxygens (including phenoxy) is 1. The van der Waals surface area contributed by atoms with Crippen LogP contribution in [0.5, 0.6) is 0 Å². The fraction of sp³-hybridized carbons (Fsp3) is 0.278. The Labute approximate surface area is 120 Å². The van der Waals surface area contributed by atoms with Crippen LogP contribution in [0.3, 0.4) is 0 Å². The molecule has 0 spiro atoms. The van der Waals surface area contributed by atoms with E-state index in [4.69, 9.17) is 4.74 Å². The number of benzene rings is 2. The number of carbonyl (C=O) groups excluding carboxylic acids is 1. The van der Waals surface area contributed by atoms with Crippen molar-refractivity contribution >= 4 is 5.97 Å². The highest BCUT2D eigenvalue weighted by atomic mass is 16.5. The van der Waals surface area contributed by atoms with E-state index in [-0.39, 0.29) is 5.97 Å². The molecule has 0 radical (unpaired) electrons. The van der Waals surface area contributed by atoms with Crippen LogP contribution < -0.4 is 0 Å². The molecular formula is C18H20O2. The lowest BCUT2D eigenvalue weighted by Gasteiger charge is -2.17. The Kier molecular flexibility index (Phi) is 5.36. The number of methoxy groups -OCH3 is 1. The van der Waals surface area contributed by atoms with Crippen molar-refractivity contribution in [1.82, 2.24) is 0 Å². The zero-order chi connectivity index (χ0) is 14.2. The van der Waals surface area contributed by atoms with Crippen LogP contribution in [0.2, 0.25) is 0 Å². The molecule has 0 aliphatic carbocycles. The Morgan fingerprint density at radius 1 is 0.950 bits per heavy atom. The van der Waals surface area contributed by atoms with Gasteiger partial charge in [-0.05, 0) is 24.0 Å². The van der Waals surface area contributed by atoms with Crippen molar-refractivity contribution in [2.75, 3.05) is 7.11 Å². The van der Waals surface area contributed by atoms with Gasteiger partial charge in [0.25, 0.3) is 0 Å². The predicted octanol–water partition coefficient (Wildman–Crippen LogP) is 4.16. The molecule has 0 aliphatic heterocycles. The first-order chi connectivity index (χ1) is 9.81. The maximum absolute atomic E-state index is 11.2. The number of hydrogen-bond acceptors (Lipinski definition) is 2. The van der Waals surface area contributed by atoms with Crippen molar-refractivity contribution in [1.29, 1.82) is 0 Å². The molecule has 0 aliphatic rings. The normalized spacial score (nSPS) is 10.5. The van der Waals surface area contributed by atoms with E-state index in [1.165, 1.54) is 18.2 Å². The summed E-state index contributed by atoms with van der Waals surface area (Å²) >= 11 is 0. The molecule has 2 heteroatoms. The van der Waals surface area contributed by atoms with Crippen LogP contribution in [0.25, 0.3) is 0 Å². The number of hydrogen-bond donors (Lipinski definition) is 0. The second-order valence-electron chi connectivity index (χ2n) is 4.84. The molecule has 0 saturated heterocycles. The Morgan fingerprint density at radius 2 is 1.45 bits per heavy atom. The van der Waals surface area contributed by atoms with Crippen LogP contribution in [-0.2, 0) is 9.53 Å². The standard InChI is InChI=1S/C18H20O2/c1-20-18(19)14-8-13-17(15-9-4-2-5-10-15)16-11-6-3-7-12-16/h2-7,9-12,17H,8,13-14H2,1H3. The number of esters is 1. The van der Waals surface area contributed by atoms with E-state index in [0.717, 1.165) is 12.8 Å². The van der Waals surface area contributed by atoms with Gasteiger partial charge in [-0.3, -0.25) is 4.79 Å². The quantitative estimate of drug-likeness (QED) is 0.735. The second-order valence-corrected chi connectivity index (χ2v) is 4.84. The summed E-state index contributed by atoms with van der Waals surface area (Å²) < 4.78 is 4.70. The number of rotatable bonds is 6. The van der Waals surface area contributed by atoms with E-state index in [0.29, 0.717) is 12.3 Å². The van der Waals surface area contributed by atoms with E-state index < -0.39 is 0 Å². The van der Waals surface area contributed by atoms with Crippen LogP contribution in [0.1, 0.15) is 36.3 Å². The van der Waals surface area contributed by atoms with Crippen LogP contribution in [-0.4, -0.2) is 13.1 Å². The van der Waals surface area contributed by atoms with Crippen LogP contribution in [0, 0.1) is 0 Å². The zero-order valence-electron chi connectivity index (χ0n) is 11.8. The maximum Gasteiger partial charge on any atom is 0.305 e. The molecule has 2 nitrogen and oxygen atoms in total. The van der Waals surface area contributed by atoms with E-state index in [2.05, 4.69) is 48.5 Å². The molecule has 0 heterocycles. The van der Waals surface area contributed by atoms with E-state index in [1.807, 2.05) is 12.1 Å². The summed E-state index contributed by atoms with van der Waals surface area (Å²) in [6.45, 7) is 0. The fourth-order valence-electron chi connectivity index (χ4n) is 2.45. The smallest absolute Gasteiger partial charge is 0.305 e. The van der Waals surface area contributed by atoms with Gasteiger partial charge in [-0.25, -0.2) is 0 Å². The SMILES string of the molecule is COC(=O)CCCC(c1ccccc1)c1ccccc1. The van der Waals surface area contributed by atoms with Gasteiger partial charge >= 0.3 is 5.97 Å². The summed E-state index contributed by atoms with van der Waals surface area (Å²) in [6.07, 6.45) is 2.26. The van der Waals surface area contributed by atoms with Crippen LogP contribution in [0.4, 0.5) is 0 Å². The Morgan fingerprint density at radius 3 is 1.90 bits per heavy atom. The van der Waals surface area contributed by atoms with E-state index >= 15 is 0 Å². The first-order valence-corrected chi connectivity index (χ1v) is 6.98. The predicted molar refractivity (Wildman–Crippen MR) is 80.6 cm³/mol. The topological polar surface area (TPSA) is 26.3 Å². The minimum absolute atomic E-state index is 0.134. The monoisotopic (exact) mass is 268 g/mol. The average molecular weight is 268 g/mol. The van der Waals surface area contributed by atoms with E-state index in [1.54, 1.807) is 0 Å². The van der Waals surface area contributed by atoms with Gasteiger partial charge in [0, 0.05) is 12.3 Å². The highest BCUT2D eigenvalue weighted by Gasteiger charge is 2.14. The highest BCUT2D eigenvalue weighted by Crippen LogP contribution is 2.29. The van der Waals surface area contributed by atoms with Crippen LogP contribution in [0.15, 0.2) is 60.7 Å². The number of carbonyl (C=O) groups is 1. The largest absolute Gasteiger partial charge is 0.469 e.